The van der Waals surface area contributed by atoms with E-state index in [0.29, 0.717) is 0 Å². The van der Waals surface area contributed by atoms with Gasteiger partial charge in [0, 0.05) is 0 Å². The molecule has 0 aromatic rings. The van der Waals surface area contributed by atoms with Crippen LogP contribution in [0.15, 0.2) is 0 Å². The highest BCUT2D eigenvalue weighted by Crippen LogP contribution is 2.01. The zero-order chi connectivity index (χ0) is 2.83. The van der Waals surface area contributed by atoms with E-state index in [0.717, 1.165) is 0 Å². The predicted octanol–water partition coefficient (Wildman–Crippen LogP) is 0.272. The summed E-state index contributed by atoms with van der Waals surface area (Å²) in [6, 6.07) is 0. The Morgan fingerprint density at radius 2 is 1.25 bits per heavy atom. The van der Waals surface area contributed by atoms with Crippen LogP contribution in [-0.4, -0.2) is 0 Å². The first-order valence-electron chi connectivity index (χ1n) is 0.943. The molecule has 2 radical (unpaired) electrons. The molecule has 0 atom stereocenters. The van der Waals surface area contributed by atoms with Gasteiger partial charge in [0.15, 0.2) is 0 Å². The molecule has 0 aromatic carbocycles. The second-order valence-electron chi connectivity index (χ2n) is 0.465. The molecular formula is C2H2O2. The standard InChI is InChI=1S/C2H2O2/c1-3-2-4-1/h1-2H. The van der Waals surface area contributed by atoms with Gasteiger partial charge in [0.05, 0.1) is 0 Å². The fourth-order valence-electron chi connectivity index (χ4n) is 0.0556. The van der Waals surface area contributed by atoms with Crippen LogP contribution in [0.1, 0.15) is 0 Å². The van der Waals surface area contributed by atoms with Crippen molar-refractivity contribution in [2.45, 2.75) is 0 Å². The topological polar surface area (TPSA) is 18.5 Å². The zero-order valence-corrected chi connectivity index (χ0v) is 1.97. The monoisotopic (exact) mass is 58.0 g/mol. The molecule has 2 nitrogen and oxygen atoms in total. The third-order valence-electron chi connectivity index (χ3n) is 0.222. The van der Waals surface area contributed by atoms with Crippen molar-refractivity contribution < 1.29 is 9.47 Å². The maximum atomic E-state index is 4.25. The Bertz CT molecular complexity index is 12.0. The lowest BCUT2D eigenvalue weighted by molar-refractivity contribution is -0.107. The summed E-state index contributed by atoms with van der Waals surface area (Å²) in [7, 11) is 0. The summed E-state index contributed by atoms with van der Waals surface area (Å²) in [5.41, 5.74) is 0. The number of ether oxygens (including phenoxy) is 2. The molecule has 1 fully saturated rings. The number of rotatable bonds is 0. The largest absolute Gasteiger partial charge is 0.313 e. The highest BCUT2D eigenvalue weighted by atomic mass is 16.8. The summed E-state index contributed by atoms with van der Waals surface area (Å²) >= 11 is 0. The van der Waals surface area contributed by atoms with Crippen molar-refractivity contribution in [3.8, 4) is 0 Å². The maximum Gasteiger partial charge on any atom is 0.215 e. The fourth-order valence-corrected chi connectivity index (χ4v) is 0.0556. The first-order valence-corrected chi connectivity index (χ1v) is 0.943. The van der Waals surface area contributed by atoms with Gasteiger partial charge in [-0.15, -0.1) is 0 Å². The van der Waals surface area contributed by atoms with Crippen molar-refractivity contribution in [2.24, 2.45) is 0 Å². The molecule has 4 heavy (non-hydrogen) atoms. The Morgan fingerprint density at radius 3 is 1.25 bits per heavy atom. The minimum absolute atomic E-state index is 1.25. The fraction of sp³-hybridized carbons (Fsp3) is 0. The molecule has 1 saturated heterocycles. The van der Waals surface area contributed by atoms with E-state index < -0.39 is 0 Å². The average molecular weight is 58.0 g/mol. The first-order chi connectivity index (χ1) is 2.00. The van der Waals surface area contributed by atoms with Crippen LogP contribution in [0.3, 0.4) is 0 Å². The van der Waals surface area contributed by atoms with E-state index in [1.165, 1.54) is 13.6 Å². The van der Waals surface area contributed by atoms with Crippen LogP contribution in [0.25, 0.3) is 0 Å². The smallest absolute Gasteiger partial charge is 0.215 e. The van der Waals surface area contributed by atoms with Gasteiger partial charge in [-0.2, -0.15) is 0 Å². The van der Waals surface area contributed by atoms with Gasteiger partial charge in [0.2, 0.25) is 13.6 Å². The molecular weight excluding hydrogens is 56.0 g/mol. The molecule has 0 aliphatic carbocycles. The van der Waals surface area contributed by atoms with Gasteiger partial charge in [-0.3, -0.25) is 0 Å². The first kappa shape index (κ1) is 2.18. The Balaban J connectivity index is 2.00. The molecule has 1 rings (SSSR count). The number of hydrogen-bond acceptors (Lipinski definition) is 2. The van der Waals surface area contributed by atoms with Crippen molar-refractivity contribution in [2.75, 3.05) is 0 Å². The van der Waals surface area contributed by atoms with Gasteiger partial charge < -0.3 is 9.47 Å². The van der Waals surface area contributed by atoms with E-state index in [-0.39, 0.29) is 0 Å². The van der Waals surface area contributed by atoms with E-state index in [1.807, 2.05) is 0 Å². The van der Waals surface area contributed by atoms with Gasteiger partial charge in [-0.05, 0) is 0 Å². The molecule has 0 N–H and O–H groups in total. The molecule has 0 aromatic heterocycles. The van der Waals surface area contributed by atoms with E-state index in [4.69, 9.17) is 0 Å². The molecule has 1 aliphatic rings. The lowest BCUT2D eigenvalue weighted by atomic mass is 11.2. The molecule has 0 amide bonds. The molecule has 22 valence electrons. The van der Waals surface area contributed by atoms with Crippen LogP contribution >= 0.6 is 0 Å². The summed E-state index contributed by atoms with van der Waals surface area (Å²) in [4.78, 5) is 0. The Morgan fingerprint density at radius 1 is 1.00 bits per heavy atom. The molecule has 0 saturated carbocycles. The highest BCUT2D eigenvalue weighted by Gasteiger charge is 1.97. The minimum atomic E-state index is 1.25. The summed E-state index contributed by atoms with van der Waals surface area (Å²) in [5, 5.41) is 0. The second kappa shape index (κ2) is 0.701. The lowest BCUT2D eigenvalue weighted by Gasteiger charge is -2.07. The van der Waals surface area contributed by atoms with Gasteiger partial charge >= 0.3 is 0 Å². The van der Waals surface area contributed by atoms with E-state index in [1.54, 1.807) is 0 Å². The molecule has 2 heteroatoms. The second-order valence-corrected chi connectivity index (χ2v) is 0.465. The Hall–Kier alpha value is -0.0800. The highest BCUT2D eigenvalue weighted by molar-refractivity contribution is 4.44. The minimum Gasteiger partial charge on any atom is -0.313 e. The molecule has 0 unspecified atom stereocenters. The Kier molecular flexibility index (Phi) is 0.381. The van der Waals surface area contributed by atoms with Crippen molar-refractivity contribution in [3.63, 3.8) is 0 Å². The third kappa shape index (κ3) is 0.106. The molecule has 0 bridgehead atoms. The van der Waals surface area contributed by atoms with Crippen LogP contribution in [0.4, 0.5) is 0 Å². The van der Waals surface area contributed by atoms with Gasteiger partial charge in [-0.1, -0.05) is 0 Å². The molecule has 0 spiro atoms. The van der Waals surface area contributed by atoms with Crippen molar-refractivity contribution >= 4 is 0 Å². The zero-order valence-electron chi connectivity index (χ0n) is 1.97. The van der Waals surface area contributed by atoms with E-state index >= 15 is 0 Å². The quantitative estimate of drug-likeness (QED) is 0.398. The van der Waals surface area contributed by atoms with Crippen LogP contribution in [0, 0.1) is 13.6 Å². The summed E-state index contributed by atoms with van der Waals surface area (Å²) in [6.07, 6.45) is 0. The Labute approximate surface area is 24.3 Å². The predicted molar refractivity (Wildman–Crippen MR) is 10.8 cm³/mol. The average Bonchev–Trinajstić information content (AvgIpc) is 0.722. The van der Waals surface area contributed by atoms with Crippen LogP contribution in [0.2, 0.25) is 0 Å². The van der Waals surface area contributed by atoms with Gasteiger partial charge in [-0.25, -0.2) is 0 Å². The summed E-state index contributed by atoms with van der Waals surface area (Å²) < 4.78 is 8.50. The summed E-state index contributed by atoms with van der Waals surface area (Å²) in [6.45, 7) is 2.50. The molecule has 1 aliphatic heterocycles. The third-order valence-corrected chi connectivity index (χ3v) is 0.222. The van der Waals surface area contributed by atoms with E-state index in [9.17, 15) is 0 Å². The van der Waals surface area contributed by atoms with Gasteiger partial charge in [0.1, 0.15) is 0 Å². The maximum absolute atomic E-state index is 4.25. The van der Waals surface area contributed by atoms with Crippen molar-refractivity contribution in [3.05, 3.63) is 13.6 Å². The van der Waals surface area contributed by atoms with Crippen molar-refractivity contribution in [1.29, 1.82) is 0 Å². The molecule has 1 heterocycles. The summed E-state index contributed by atoms with van der Waals surface area (Å²) in [5.74, 6) is 0. The lowest BCUT2D eigenvalue weighted by Crippen LogP contribution is -1.99. The number of hydrogen-bond donors (Lipinski definition) is 0. The van der Waals surface area contributed by atoms with Crippen LogP contribution in [-0.2, 0) is 9.47 Å². The van der Waals surface area contributed by atoms with Crippen LogP contribution < -0.4 is 0 Å². The normalized spacial score (nSPS) is 24.0. The SMILES string of the molecule is [CH]1O[CH]O1. The van der Waals surface area contributed by atoms with E-state index in [2.05, 4.69) is 9.47 Å². The van der Waals surface area contributed by atoms with Gasteiger partial charge in [0.25, 0.3) is 0 Å². The van der Waals surface area contributed by atoms with Crippen molar-refractivity contribution in [1.82, 2.24) is 0 Å². The van der Waals surface area contributed by atoms with Crippen LogP contribution in [0.5, 0.6) is 0 Å².